The van der Waals surface area contributed by atoms with Gasteiger partial charge < -0.3 is 14.1 Å². The van der Waals surface area contributed by atoms with Crippen LogP contribution in [0.3, 0.4) is 0 Å². The second-order valence-electron chi connectivity index (χ2n) is 9.19. The molecule has 4 rings (SSSR count). The van der Waals surface area contributed by atoms with Gasteiger partial charge in [-0.25, -0.2) is 12.8 Å². The van der Waals surface area contributed by atoms with Gasteiger partial charge in [0.25, 0.3) is 5.69 Å². The lowest BCUT2D eigenvalue weighted by molar-refractivity contribution is -0.384. The molecule has 0 spiro atoms. The molecule has 3 aromatic rings. The molecule has 1 fully saturated rings. The summed E-state index contributed by atoms with van der Waals surface area (Å²) in [5.41, 5.74) is 0.0714. The van der Waals surface area contributed by atoms with E-state index in [1.165, 1.54) is 35.2 Å². The Balaban J connectivity index is 1.65. The van der Waals surface area contributed by atoms with Crippen LogP contribution in [0.1, 0.15) is 29.9 Å². The highest BCUT2D eigenvalue weighted by Gasteiger charge is 2.33. The van der Waals surface area contributed by atoms with Crippen LogP contribution in [0.2, 0.25) is 5.02 Å². The maximum atomic E-state index is 13.7. The van der Waals surface area contributed by atoms with Crippen LogP contribution in [0.4, 0.5) is 10.1 Å². The van der Waals surface area contributed by atoms with E-state index in [1.54, 1.807) is 19.1 Å². The minimum Gasteiger partial charge on any atom is -0.464 e. The van der Waals surface area contributed by atoms with E-state index in [-0.39, 0.29) is 29.6 Å². The predicted octanol–water partition coefficient (Wildman–Crippen LogP) is 4.69. The number of benzene rings is 2. The third kappa shape index (κ3) is 7.21. The number of nitrogens with zero attached hydrogens (tertiary/aromatic N) is 3. The van der Waals surface area contributed by atoms with Gasteiger partial charge in [-0.3, -0.25) is 14.9 Å². The molecule has 208 valence electrons. The molecule has 0 N–H and O–H groups in total. The molecule has 0 aliphatic carbocycles. The molecule has 13 heteroatoms. The maximum Gasteiger partial charge on any atom is 0.289 e. The Labute approximate surface area is 230 Å². The Morgan fingerprint density at radius 2 is 1.90 bits per heavy atom. The van der Waals surface area contributed by atoms with Crippen LogP contribution >= 0.6 is 11.6 Å². The van der Waals surface area contributed by atoms with Gasteiger partial charge in [-0.05, 0) is 61.7 Å². The van der Waals surface area contributed by atoms with Gasteiger partial charge in [0.1, 0.15) is 22.4 Å². The highest BCUT2D eigenvalue weighted by Crippen LogP contribution is 2.29. The van der Waals surface area contributed by atoms with E-state index in [9.17, 15) is 27.7 Å². The number of amides is 1. The van der Waals surface area contributed by atoms with Crippen molar-refractivity contribution in [3.63, 3.8) is 0 Å². The standard InChI is InChI=1S/C26H27ClFN3O7S/c1-18-4-9-22(38-18)15-29(14-19-5-7-20(28)8-6-19)26(32)17-30(16-21-3-2-12-37-21)39(35,36)23-10-11-24(27)25(13-23)31(33)34/h4-11,13,21H,2-3,12,14-17H2,1H3. The number of nitro benzene ring substituents is 1. The van der Waals surface area contributed by atoms with Crippen LogP contribution in [0, 0.1) is 22.9 Å². The zero-order chi connectivity index (χ0) is 28.2. The van der Waals surface area contributed by atoms with Crippen LogP contribution in [-0.4, -0.2) is 54.3 Å². The minimum atomic E-state index is -4.37. The lowest BCUT2D eigenvalue weighted by atomic mass is 10.2. The Morgan fingerprint density at radius 3 is 2.51 bits per heavy atom. The summed E-state index contributed by atoms with van der Waals surface area (Å²) in [7, 11) is -4.37. The molecule has 1 aromatic heterocycles. The molecule has 1 saturated heterocycles. The Hall–Kier alpha value is -3.32. The second-order valence-corrected chi connectivity index (χ2v) is 11.5. The molecule has 2 aromatic carbocycles. The Kier molecular flexibility index (Phi) is 9.01. The average Bonchev–Trinajstić information content (AvgIpc) is 3.56. The monoisotopic (exact) mass is 579 g/mol. The van der Waals surface area contributed by atoms with Crippen molar-refractivity contribution in [2.75, 3.05) is 19.7 Å². The van der Waals surface area contributed by atoms with Crippen molar-refractivity contribution >= 4 is 33.2 Å². The molecule has 1 aliphatic rings. The van der Waals surface area contributed by atoms with E-state index in [0.29, 0.717) is 30.1 Å². The van der Waals surface area contributed by atoms with Gasteiger partial charge in [0.05, 0.1) is 29.0 Å². The molecular formula is C26H27ClFN3O7S. The number of hydrogen-bond donors (Lipinski definition) is 0. The van der Waals surface area contributed by atoms with Gasteiger partial charge in [0.15, 0.2) is 0 Å². The molecule has 2 heterocycles. The molecule has 0 saturated carbocycles. The smallest absolute Gasteiger partial charge is 0.289 e. The molecule has 1 amide bonds. The zero-order valence-corrected chi connectivity index (χ0v) is 22.7. The molecule has 39 heavy (non-hydrogen) atoms. The number of hydrogen-bond acceptors (Lipinski definition) is 7. The number of sulfonamides is 1. The summed E-state index contributed by atoms with van der Waals surface area (Å²) in [5.74, 6) is 0.165. The fourth-order valence-electron chi connectivity index (χ4n) is 4.26. The van der Waals surface area contributed by atoms with E-state index in [2.05, 4.69) is 0 Å². The summed E-state index contributed by atoms with van der Waals surface area (Å²) in [6.07, 6.45) is 0.910. The Morgan fingerprint density at radius 1 is 1.15 bits per heavy atom. The first-order valence-electron chi connectivity index (χ1n) is 12.2. The van der Waals surface area contributed by atoms with Crippen LogP contribution in [0.5, 0.6) is 0 Å². The number of nitro groups is 1. The highest BCUT2D eigenvalue weighted by molar-refractivity contribution is 7.89. The fraction of sp³-hybridized carbons (Fsp3) is 0.346. The first-order chi connectivity index (χ1) is 18.5. The van der Waals surface area contributed by atoms with Gasteiger partial charge in [-0.1, -0.05) is 23.7 Å². The number of furan rings is 1. The fourth-order valence-corrected chi connectivity index (χ4v) is 5.88. The molecule has 10 nitrogen and oxygen atoms in total. The van der Waals surface area contributed by atoms with E-state index in [0.717, 1.165) is 22.9 Å². The van der Waals surface area contributed by atoms with Crippen LogP contribution < -0.4 is 0 Å². The van der Waals surface area contributed by atoms with Gasteiger partial charge in [-0.2, -0.15) is 4.31 Å². The molecule has 0 bridgehead atoms. The van der Waals surface area contributed by atoms with E-state index >= 15 is 0 Å². The maximum absolute atomic E-state index is 13.7. The molecule has 0 radical (unpaired) electrons. The van der Waals surface area contributed by atoms with Crippen molar-refractivity contribution in [3.8, 4) is 0 Å². The number of ether oxygens (including phenoxy) is 1. The van der Waals surface area contributed by atoms with Crippen molar-refractivity contribution in [2.24, 2.45) is 0 Å². The molecule has 1 aliphatic heterocycles. The number of halogens is 2. The van der Waals surface area contributed by atoms with Gasteiger partial charge in [-0.15, -0.1) is 0 Å². The summed E-state index contributed by atoms with van der Waals surface area (Å²) < 4.78 is 53.1. The zero-order valence-electron chi connectivity index (χ0n) is 21.1. The van der Waals surface area contributed by atoms with Gasteiger partial charge >= 0.3 is 0 Å². The van der Waals surface area contributed by atoms with E-state index < -0.39 is 45.0 Å². The van der Waals surface area contributed by atoms with Crippen LogP contribution in [-0.2, 0) is 32.6 Å². The quantitative estimate of drug-likeness (QED) is 0.238. The summed E-state index contributed by atoms with van der Waals surface area (Å²) >= 11 is 5.89. The number of aryl methyl sites for hydroxylation is 1. The van der Waals surface area contributed by atoms with Crippen LogP contribution in [0.25, 0.3) is 0 Å². The van der Waals surface area contributed by atoms with Gasteiger partial charge in [0, 0.05) is 25.8 Å². The Bertz CT molecular complexity index is 1440. The molecular weight excluding hydrogens is 553 g/mol. The molecule has 1 atom stereocenters. The summed E-state index contributed by atoms with van der Waals surface area (Å²) in [4.78, 5) is 25.3. The topological polar surface area (TPSA) is 123 Å². The number of rotatable bonds is 11. The van der Waals surface area contributed by atoms with Crippen molar-refractivity contribution in [1.29, 1.82) is 0 Å². The third-order valence-corrected chi connectivity index (χ3v) is 8.40. The van der Waals surface area contributed by atoms with Crippen LogP contribution in [0.15, 0.2) is 63.9 Å². The first kappa shape index (κ1) is 28.7. The predicted molar refractivity (Wildman–Crippen MR) is 140 cm³/mol. The van der Waals surface area contributed by atoms with E-state index in [1.807, 2.05) is 0 Å². The summed E-state index contributed by atoms with van der Waals surface area (Å²) in [5, 5.41) is 11.2. The lowest BCUT2D eigenvalue weighted by Crippen LogP contribution is -2.45. The second kappa shape index (κ2) is 12.2. The van der Waals surface area contributed by atoms with Crippen molar-refractivity contribution in [2.45, 2.75) is 43.9 Å². The summed E-state index contributed by atoms with van der Waals surface area (Å²) in [6.45, 7) is 1.67. The number of carbonyl (C=O) groups excluding carboxylic acids is 1. The van der Waals surface area contributed by atoms with Gasteiger partial charge in [0.2, 0.25) is 15.9 Å². The largest absolute Gasteiger partial charge is 0.464 e. The van der Waals surface area contributed by atoms with Crippen molar-refractivity contribution in [1.82, 2.24) is 9.21 Å². The SMILES string of the molecule is Cc1ccc(CN(Cc2ccc(F)cc2)C(=O)CN(CC2CCCO2)S(=O)(=O)c2ccc(Cl)c([N+](=O)[O-])c2)o1. The van der Waals surface area contributed by atoms with Crippen molar-refractivity contribution in [3.05, 3.63) is 92.6 Å². The summed E-state index contributed by atoms with van der Waals surface area (Å²) in [6, 6.07) is 12.3. The first-order valence-corrected chi connectivity index (χ1v) is 14.0. The van der Waals surface area contributed by atoms with E-state index in [4.69, 9.17) is 20.8 Å². The minimum absolute atomic E-state index is 0.0459. The third-order valence-electron chi connectivity index (χ3n) is 6.28. The lowest BCUT2D eigenvalue weighted by Gasteiger charge is -2.28. The molecule has 1 unspecified atom stereocenters. The highest BCUT2D eigenvalue weighted by atomic mass is 35.5. The average molecular weight is 580 g/mol. The number of carbonyl (C=O) groups is 1. The normalized spacial score (nSPS) is 15.5. The van der Waals surface area contributed by atoms with Crippen molar-refractivity contribution < 1.29 is 31.7 Å².